The number of rotatable bonds is 2. The molecule has 3 nitrogen and oxygen atoms in total. The van der Waals surface area contributed by atoms with Gasteiger partial charge < -0.3 is 11.1 Å². The second kappa shape index (κ2) is 5.09. The minimum absolute atomic E-state index is 0.326. The van der Waals surface area contributed by atoms with Gasteiger partial charge in [0.2, 0.25) is 0 Å². The third-order valence-electron chi connectivity index (χ3n) is 3.05. The highest BCUT2D eigenvalue weighted by Gasteiger charge is 2.07. The van der Waals surface area contributed by atoms with E-state index in [0.717, 1.165) is 16.5 Å². The van der Waals surface area contributed by atoms with Crippen LogP contribution in [0.3, 0.4) is 0 Å². The number of hydrogen-bond donors (Lipinski definition) is 2. The minimum Gasteiger partial charge on any atom is -0.398 e. The Morgan fingerprint density at radius 1 is 1.05 bits per heavy atom. The van der Waals surface area contributed by atoms with E-state index >= 15 is 0 Å². The summed E-state index contributed by atoms with van der Waals surface area (Å²) in [4.78, 5) is 4.10. The number of halogens is 2. The molecule has 0 radical (unpaired) electrons. The number of nitrogens with one attached hydrogen (secondary N) is 1. The number of benzene rings is 2. The Bertz CT molecular complexity index is 789. The Hall–Kier alpha value is -2.14. The first-order valence-corrected chi connectivity index (χ1v) is 6.79. The molecule has 0 saturated heterocycles. The minimum atomic E-state index is -0.326. The maximum absolute atomic E-state index is 13.9. The second-order valence-corrected chi connectivity index (χ2v) is 5.29. The van der Waals surface area contributed by atoms with Crippen LogP contribution in [0.1, 0.15) is 0 Å². The van der Waals surface area contributed by atoms with Crippen molar-refractivity contribution in [1.29, 1.82) is 0 Å². The van der Waals surface area contributed by atoms with Crippen molar-refractivity contribution in [3.05, 3.63) is 59.1 Å². The van der Waals surface area contributed by atoms with E-state index in [0.29, 0.717) is 15.8 Å². The van der Waals surface area contributed by atoms with Crippen molar-refractivity contribution in [2.24, 2.45) is 0 Å². The molecule has 0 aliphatic rings. The zero-order valence-electron chi connectivity index (χ0n) is 10.4. The van der Waals surface area contributed by atoms with Gasteiger partial charge in [-0.25, -0.2) is 4.39 Å². The molecule has 3 rings (SSSR count). The van der Waals surface area contributed by atoms with Crippen LogP contribution in [0.5, 0.6) is 0 Å². The van der Waals surface area contributed by atoms with E-state index in [9.17, 15) is 4.39 Å². The van der Waals surface area contributed by atoms with Crippen molar-refractivity contribution in [3.63, 3.8) is 0 Å². The van der Waals surface area contributed by atoms with Crippen LogP contribution in [0, 0.1) is 5.82 Å². The zero-order valence-corrected chi connectivity index (χ0v) is 12.0. The third-order valence-corrected chi connectivity index (χ3v) is 3.55. The van der Waals surface area contributed by atoms with Gasteiger partial charge >= 0.3 is 0 Å². The summed E-state index contributed by atoms with van der Waals surface area (Å²) in [6.07, 6.45) is 3.40. The van der Waals surface area contributed by atoms with Crippen molar-refractivity contribution in [2.75, 3.05) is 11.1 Å². The van der Waals surface area contributed by atoms with Gasteiger partial charge in [-0.3, -0.25) is 4.98 Å². The molecular formula is C15H11BrFN3. The molecule has 0 aliphatic carbocycles. The molecular weight excluding hydrogens is 321 g/mol. The van der Waals surface area contributed by atoms with Crippen LogP contribution in [0.15, 0.2) is 53.3 Å². The van der Waals surface area contributed by atoms with Crippen molar-refractivity contribution in [3.8, 4) is 0 Å². The number of fused-ring (bicyclic) bond motifs is 1. The fourth-order valence-electron chi connectivity index (χ4n) is 2.06. The maximum atomic E-state index is 13.9. The number of pyridine rings is 1. The zero-order chi connectivity index (χ0) is 14.1. The number of nitrogens with two attached hydrogens (primary N) is 1. The molecule has 100 valence electrons. The molecule has 0 spiro atoms. The van der Waals surface area contributed by atoms with Gasteiger partial charge in [-0.2, -0.15) is 0 Å². The summed E-state index contributed by atoms with van der Waals surface area (Å²) < 4.78 is 14.6. The van der Waals surface area contributed by atoms with Crippen molar-refractivity contribution < 1.29 is 4.39 Å². The van der Waals surface area contributed by atoms with Gasteiger partial charge in [0, 0.05) is 39.0 Å². The summed E-state index contributed by atoms with van der Waals surface area (Å²) >= 11 is 3.24. The van der Waals surface area contributed by atoms with Crippen molar-refractivity contribution in [2.45, 2.75) is 0 Å². The maximum Gasteiger partial charge on any atom is 0.147 e. The summed E-state index contributed by atoms with van der Waals surface area (Å²) in [5.74, 6) is -0.326. The van der Waals surface area contributed by atoms with Gasteiger partial charge in [-0.1, -0.05) is 15.9 Å². The Labute approximate surface area is 123 Å². The smallest absolute Gasteiger partial charge is 0.147 e. The van der Waals surface area contributed by atoms with E-state index in [4.69, 9.17) is 5.73 Å². The van der Waals surface area contributed by atoms with E-state index in [-0.39, 0.29) is 5.82 Å². The van der Waals surface area contributed by atoms with E-state index in [2.05, 4.69) is 26.2 Å². The highest BCUT2D eigenvalue weighted by atomic mass is 79.9. The van der Waals surface area contributed by atoms with Crippen LogP contribution in [-0.4, -0.2) is 4.98 Å². The quantitative estimate of drug-likeness (QED) is 0.681. The molecule has 20 heavy (non-hydrogen) atoms. The summed E-state index contributed by atoms with van der Waals surface area (Å²) in [5.41, 5.74) is 7.78. The Morgan fingerprint density at radius 3 is 2.65 bits per heavy atom. The molecule has 3 N–H and O–H groups in total. The number of anilines is 3. The standard InChI is InChI=1S/C15H11BrFN3/c16-9-1-3-15(12(17)7-9)20-14-4-2-13(18)10-5-6-19-8-11(10)14/h1-8,20H,18H2. The highest BCUT2D eigenvalue weighted by molar-refractivity contribution is 9.10. The third kappa shape index (κ3) is 2.32. The van der Waals surface area contributed by atoms with Crippen molar-refractivity contribution in [1.82, 2.24) is 4.98 Å². The first-order chi connectivity index (χ1) is 9.65. The number of hydrogen-bond acceptors (Lipinski definition) is 3. The molecule has 1 aromatic heterocycles. The average molecular weight is 332 g/mol. The molecule has 0 amide bonds. The first-order valence-electron chi connectivity index (χ1n) is 5.99. The molecule has 0 bridgehead atoms. The summed E-state index contributed by atoms with van der Waals surface area (Å²) in [6.45, 7) is 0. The van der Waals surface area contributed by atoms with Crippen LogP contribution < -0.4 is 11.1 Å². The van der Waals surface area contributed by atoms with Gasteiger partial charge in [0.25, 0.3) is 0 Å². The number of nitrogens with zero attached hydrogens (tertiary/aromatic N) is 1. The second-order valence-electron chi connectivity index (χ2n) is 4.37. The number of nitrogen functional groups attached to an aromatic ring is 1. The first kappa shape index (κ1) is 12.9. The van der Waals surface area contributed by atoms with Gasteiger partial charge in [0.05, 0.1) is 5.69 Å². The predicted molar refractivity (Wildman–Crippen MR) is 83.5 cm³/mol. The highest BCUT2D eigenvalue weighted by Crippen LogP contribution is 2.31. The lowest BCUT2D eigenvalue weighted by Crippen LogP contribution is -1.96. The van der Waals surface area contributed by atoms with Gasteiger partial charge in [0.15, 0.2) is 0 Å². The Kier molecular flexibility index (Phi) is 3.28. The van der Waals surface area contributed by atoms with E-state index in [1.54, 1.807) is 30.6 Å². The fourth-order valence-corrected chi connectivity index (χ4v) is 2.39. The van der Waals surface area contributed by atoms with Gasteiger partial charge in [-0.05, 0) is 36.4 Å². The summed E-state index contributed by atoms with van der Waals surface area (Å²) in [6, 6.07) is 10.3. The molecule has 1 heterocycles. The summed E-state index contributed by atoms with van der Waals surface area (Å²) in [5, 5.41) is 4.83. The molecule has 0 saturated carbocycles. The largest absolute Gasteiger partial charge is 0.398 e. The predicted octanol–water partition coefficient (Wildman–Crippen LogP) is 4.46. The Balaban J connectivity index is 2.09. The Morgan fingerprint density at radius 2 is 1.85 bits per heavy atom. The van der Waals surface area contributed by atoms with E-state index in [1.165, 1.54) is 6.07 Å². The molecule has 5 heteroatoms. The van der Waals surface area contributed by atoms with Crippen LogP contribution in [-0.2, 0) is 0 Å². The lowest BCUT2D eigenvalue weighted by molar-refractivity contribution is 0.631. The topological polar surface area (TPSA) is 50.9 Å². The van der Waals surface area contributed by atoms with Crippen LogP contribution >= 0.6 is 15.9 Å². The van der Waals surface area contributed by atoms with Crippen molar-refractivity contribution >= 4 is 43.8 Å². The molecule has 0 fully saturated rings. The summed E-state index contributed by atoms with van der Waals surface area (Å²) in [7, 11) is 0. The number of aromatic nitrogens is 1. The molecule has 0 unspecified atom stereocenters. The van der Waals surface area contributed by atoms with E-state index in [1.807, 2.05) is 12.1 Å². The molecule has 2 aromatic carbocycles. The fraction of sp³-hybridized carbons (Fsp3) is 0. The SMILES string of the molecule is Nc1ccc(Nc2ccc(Br)cc2F)c2cnccc12. The van der Waals surface area contributed by atoms with Crippen LogP contribution in [0.4, 0.5) is 21.5 Å². The van der Waals surface area contributed by atoms with Gasteiger partial charge in [0.1, 0.15) is 5.82 Å². The molecule has 0 aliphatic heterocycles. The normalized spacial score (nSPS) is 10.7. The molecule has 3 aromatic rings. The average Bonchev–Trinajstić information content (AvgIpc) is 2.45. The van der Waals surface area contributed by atoms with Gasteiger partial charge in [-0.15, -0.1) is 0 Å². The van der Waals surface area contributed by atoms with Crippen LogP contribution in [0.2, 0.25) is 0 Å². The van der Waals surface area contributed by atoms with Crippen LogP contribution in [0.25, 0.3) is 10.8 Å². The molecule has 0 atom stereocenters. The lowest BCUT2D eigenvalue weighted by atomic mass is 10.1. The van der Waals surface area contributed by atoms with E-state index < -0.39 is 0 Å². The lowest BCUT2D eigenvalue weighted by Gasteiger charge is -2.12. The monoisotopic (exact) mass is 331 g/mol.